The number of hydrogen-bond donors (Lipinski definition) is 0. The van der Waals surface area contributed by atoms with Crippen molar-refractivity contribution in [3.8, 4) is 0 Å². The van der Waals surface area contributed by atoms with Crippen LogP contribution in [-0.4, -0.2) is 26.9 Å². The van der Waals surface area contributed by atoms with Crippen molar-refractivity contribution in [1.29, 1.82) is 0 Å². The fourth-order valence-electron chi connectivity index (χ4n) is 3.48. The van der Waals surface area contributed by atoms with Crippen LogP contribution in [0.1, 0.15) is 56.2 Å². The number of imidazole rings is 1. The van der Waals surface area contributed by atoms with Gasteiger partial charge in [-0.2, -0.15) is 0 Å². The van der Waals surface area contributed by atoms with E-state index in [1.54, 1.807) is 4.90 Å². The van der Waals surface area contributed by atoms with Gasteiger partial charge in [0.2, 0.25) is 0 Å². The molecule has 0 atom stereocenters. The van der Waals surface area contributed by atoms with Gasteiger partial charge in [0.05, 0.1) is 23.1 Å². The minimum Gasteiger partial charge on any atom is -0.331 e. The average molecular weight is 414 g/mol. The third-order valence-corrected chi connectivity index (χ3v) is 5.23. The zero-order valence-electron chi connectivity index (χ0n) is 17.9. The molecule has 0 unspecified atom stereocenters. The summed E-state index contributed by atoms with van der Waals surface area (Å²) >= 11 is 0. The number of aryl methyl sites for hydroxylation is 1. The number of benzene rings is 2. The minimum absolute atomic E-state index is 0.114. The number of carbonyl (C=O) groups excluding carboxylic acids is 1. The number of aromatic nitrogens is 2. The average Bonchev–Trinajstić information content (AvgIpc) is 3.06. The quantitative estimate of drug-likeness (QED) is 0.444. The number of fused-ring (bicyclic) bond motifs is 1. The topological polar surface area (TPSA) is 38.1 Å². The Balaban J connectivity index is 1.96. The molecule has 4 nitrogen and oxygen atoms in total. The van der Waals surface area contributed by atoms with Crippen LogP contribution < -0.4 is 0 Å². The molecule has 0 saturated heterocycles. The largest absolute Gasteiger partial charge is 0.331 e. The van der Waals surface area contributed by atoms with Crippen molar-refractivity contribution in [1.82, 2.24) is 14.5 Å². The molecule has 2 aromatic carbocycles. The van der Waals surface area contributed by atoms with E-state index in [2.05, 4.69) is 25.3 Å². The van der Waals surface area contributed by atoms with E-state index in [0.717, 1.165) is 54.8 Å². The molecular weight excluding hydrogens is 384 g/mol. The maximum atomic E-state index is 14.3. The third kappa shape index (κ3) is 5.04. The standard InChI is InChI=1S/C24H29F2N3O/c1-4-5-13-29-22-9-7-6-8-21(22)27-23(29)16-28(14-12-17(2)3)24(30)19-11-10-18(25)15-20(19)26/h6-11,15,17H,4-5,12-14,16H2,1-3H3. The maximum Gasteiger partial charge on any atom is 0.257 e. The fourth-order valence-corrected chi connectivity index (χ4v) is 3.48. The van der Waals surface area contributed by atoms with E-state index in [1.807, 2.05) is 24.3 Å². The van der Waals surface area contributed by atoms with E-state index in [0.29, 0.717) is 12.5 Å². The summed E-state index contributed by atoms with van der Waals surface area (Å²) in [6.07, 6.45) is 2.83. The summed E-state index contributed by atoms with van der Waals surface area (Å²) in [6.45, 7) is 7.86. The highest BCUT2D eigenvalue weighted by atomic mass is 19.1. The van der Waals surface area contributed by atoms with Gasteiger partial charge in [-0.3, -0.25) is 4.79 Å². The van der Waals surface area contributed by atoms with Crippen molar-refractivity contribution in [3.63, 3.8) is 0 Å². The first kappa shape index (κ1) is 21.9. The molecule has 0 spiro atoms. The number of para-hydroxylation sites is 2. The van der Waals surface area contributed by atoms with Crippen molar-refractivity contribution in [2.75, 3.05) is 6.54 Å². The number of rotatable bonds is 9. The number of hydrogen-bond acceptors (Lipinski definition) is 2. The number of nitrogens with zero attached hydrogens (tertiary/aromatic N) is 3. The summed E-state index contributed by atoms with van der Waals surface area (Å²) in [5.74, 6) is -0.808. The molecule has 30 heavy (non-hydrogen) atoms. The molecule has 3 aromatic rings. The summed E-state index contributed by atoms with van der Waals surface area (Å²) in [7, 11) is 0. The predicted octanol–water partition coefficient (Wildman–Crippen LogP) is 5.80. The summed E-state index contributed by atoms with van der Waals surface area (Å²) < 4.78 is 29.8. The van der Waals surface area contributed by atoms with Gasteiger partial charge in [-0.1, -0.05) is 39.3 Å². The van der Waals surface area contributed by atoms with Crippen LogP contribution in [0.3, 0.4) is 0 Å². The number of carbonyl (C=O) groups is 1. The van der Waals surface area contributed by atoms with Crippen molar-refractivity contribution in [3.05, 3.63) is 65.5 Å². The van der Waals surface area contributed by atoms with Crippen LogP contribution in [0.4, 0.5) is 8.78 Å². The lowest BCUT2D eigenvalue weighted by Crippen LogP contribution is -2.34. The third-order valence-electron chi connectivity index (χ3n) is 5.23. The fraction of sp³-hybridized carbons (Fsp3) is 0.417. The van der Waals surface area contributed by atoms with Crippen LogP contribution in [-0.2, 0) is 13.1 Å². The van der Waals surface area contributed by atoms with Gasteiger partial charge in [0, 0.05) is 19.2 Å². The molecule has 3 rings (SSSR count). The Morgan fingerprint density at radius 2 is 1.93 bits per heavy atom. The zero-order chi connectivity index (χ0) is 21.7. The smallest absolute Gasteiger partial charge is 0.257 e. The highest BCUT2D eigenvalue weighted by molar-refractivity contribution is 5.94. The molecule has 0 saturated carbocycles. The molecule has 1 heterocycles. The Labute approximate surface area is 176 Å². The lowest BCUT2D eigenvalue weighted by Gasteiger charge is -2.24. The first-order valence-electron chi connectivity index (χ1n) is 10.6. The molecule has 0 aliphatic heterocycles. The molecule has 0 aliphatic carbocycles. The second-order valence-corrected chi connectivity index (χ2v) is 8.06. The first-order chi connectivity index (χ1) is 14.4. The molecule has 0 fully saturated rings. The minimum atomic E-state index is -0.839. The molecule has 6 heteroatoms. The number of unbranched alkanes of at least 4 members (excludes halogenated alkanes) is 1. The van der Waals surface area contributed by atoms with Crippen LogP contribution in [0.5, 0.6) is 0 Å². The number of halogens is 2. The van der Waals surface area contributed by atoms with Gasteiger partial charge in [-0.25, -0.2) is 13.8 Å². The van der Waals surface area contributed by atoms with Gasteiger partial charge >= 0.3 is 0 Å². The van der Waals surface area contributed by atoms with E-state index >= 15 is 0 Å². The Morgan fingerprint density at radius 1 is 1.17 bits per heavy atom. The van der Waals surface area contributed by atoms with Gasteiger partial charge in [0.25, 0.3) is 5.91 Å². The van der Waals surface area contributed by atoms with Gasteiger partial charge in [-0.05, 0) is 43.0 Å². The first-order valence-corrected chi connectivity index (χ1v) is 10.6. The Morgan fingerprint density at radius 3 is 2.63 bits per heavy atom. The molecule has 0 aliphatic rings. The monoisotopic (exact) mass is 413 g/mol. The summed E-state index contributed by atoms with van der Waals surface area (Å²) in [4.78, 5) is 19.5. The van der Waals surface area contributed by atoms with E-state index in [4.69, 9.17) is 4.98 Å². The van der Waals surface area contributed by atoms with Crippen LogP contribution in [0.15, 0.2) is 42.5 Å². The predicted molar refractivity (Wildman–Crippen MR) is 115 cm³/mol. The number of amides is 1. The molecule has 160 valence electrons. The van der Waals surface area contributed by atoms with E-state index in [1.165, 1.54) is 6.07 Å². The van der Waals surface area contributed by atoms with Crippen molar-refractivity contribution < 1.29 is 13.6 Å². The molecule has 0 radical (unpaired) electrons. The van der Waals surface area contributed by atoms with E-state index in [-0.39, 0.29) is 12.1 Å². The Bertz CT molecular complexity index is 1010. The second-order valence-electron chi connectivity index (χ2n) is 8.06. The van der Waals surface area contributed by atoms with Crippen molar-refractivity contribution in [2.45, 2.75) is 53.1 Å². The highest BCUT2D eigenvalue weighted by Gasteiger charge is 2.23. The Hall–Kier alpha value is -2.76. The van der Waals surface area contributed by atoms with Crippen LogP contribution >= 0.6 is 0 Å². The van der Waals surface area contributed by atoms with Crippen LogP contribution in [0, 0.1) is 17.6 Å². The molecule has 0 bridgehead atoms. The van der Waals surface area contributed by atoms with Gasteiger partial charge in [0.15, 0.2) is 0 Å². The lowest BCUT2D eigenvalue weighted by molar-refractivity contribution is 0.0724. The summed E-state index contributed by atoms with van der Waals surface area (Å²) in [6, 6.07) is 11.0. The SMILES string of the molecule is CCCCn1c(CN(CCC(C)C)C(=O)c2ccc(F)cc2F)nc2ccccc21. The zero-order valence-corrected chi connectivity index (χ0v) is 17.9. The Kier molecular flexibility index (Phi) is 7.19. The van der Waals surface area contributed by atoms with Gasteiger partial charge in [0.1, 0.15) is 17.5 Å². The van der Waals surface area contributed by atoms with Crippen LogP contribution in [0.25, 0.3) is 11.0 Å². The molecular formula is C24H29F2N3O. The van der Waals surface area contributed by atoms with Crippen LogP contribution in [0.2, 0.25) is 0 Å². The lowest BCUT2D eigenvalue weighted by atomic mass is 10.1. The van der Waals surface area contributed by atoms with Crippen molar-refractivity contribution in [2.24, 2.45) is 5.92 Å². The summed E-state index contributed by atoms with van der Waals surface area (Å²) in [5, 5.41) is 0. The highest BCUT2D eigenvalue weighted by Crippen LogP contribution is 2.21. The maximum absolute atomic E-state index is 14.3. The molecule has 0 N–H and O–H groups in total. The summed E-state index contributed by atoms with van der Waals surface area (Å²) in [5.41, 5.74) is 1.80. The second kappa shape index (κ2) is 9.83. The van der Waals surface area contributed by atoms with Crippen molar-refractivity contribution >= 4 is 16.9 Å². The molecule has 1 amide bonds. The van der Waals surface area contributed by atoms with Gasteiger partial charge in [-0.15, -0.1) is 0 Å². The normalized spacial score (nSPS) is 11.4. The van der Waals surface area contributed by atoms with E-state index < -0.39 is 17.5 Å². The van der Waals surface area contributed by atoms with E-state index in [9.17, 15) is 13.6 Å². The van der Waals surface area contributed by atoms with Gasteiger partial charge < -0.3 is 9.47 Å². The molecule has 1 aromatic heterocycles.